The second-order valence-electron chi connectivity index (χ2n) is 13.1. The van der Waals surface area contributed by atoms with Crippen LogP contribution in [-0.2, 0) is 19.3 Å². The summed E-state index contributed by atoms with van der Waals surface area (Å²) in [4.78, 5) is 38.4. The molecule has 1 unspecified atom stereocenters. The van der Waals surface area contributed by atoms with Crippen LogP contribution in [-0.4, -0.2) is 50.5 Å². The average Bonchev–Trinajstić information content (AvgIpc) is 3.95. The Morgan fingerprint density at radius 3 is 2.67 bits per heavy atom. The van der Waals surface area contributed by atoms with Gasteiger partial charge in [0, 0.05) is 35.2 Å². The monoisotopic (exact) mass is 728 g/mol. The molecule has 0 bridgehead atoms. The number of nitrogens with one attached hydrogen (secondary N) is 2. The molecule has 4 aromatic heterocycles. The highest BCUT2D eigenvalue weighted by atomic mass is 32.1. The van der Waals surface area contributed by atoms with E-state index in [-0.39, 0.29) is 46.4 Å². The third-order valence-corrected chi connectivity index (χ3v) is 11.3. The number of hydrogen-bond donors (Lipinski definition) is 2. The van der Waals surface area contributed by atoms with Gasteiger partial charge in [-0.3, -0.25) is 9.78 Å². The lowest BCUT2D eigenvalue weighted by Crippen LogP contribution is -2.28. The Morgan fingerprint density at radius 1 is 1.08 bits per heavy atom. The fraction of sp³-hybridized carbons (Fsp3) is 0.270. The van der Waals surface area contributed by atoms with Crippen molar-refractivity contribution in [1.29, 1.82) is 0 Å². The van der Waals surface area contributed by atoms with Gasteiger partial charge in [0.1, 0.15) is 17.7 Å². The average molecular weight is 729 g/mol. The van der Waals surface area contributed by atoms with Crippen LogP contribution in [0.25, 0.3) is 32.0 Å². The van der Waals surface area contributed by atoms with E-state index in [9.17, 15) is 18.4 Å². The molecule has 6 heterocycles. The van der Waals surface area contributed by atoms with Crippen molar-refractivity contribution >= 4 is 33.1 Å². The number of anilines is 1. The van der Waals surface area contributed by atoms with Crippen LogP contribution in [0.15, 0.2) is 63.9 Å². The van der Waals surface area contributed by atoms with Crippen molar-refractivity contribution in [2.75, 3.05) is 19.0 Å². The van der Waals surface area contributed by atoms with E-state index in [2.05, 4.69) is 20.5 Å². The number of aromatic amines is 1. The van der Waals surface area contributed by atoms with E-state index in [1.54, 1.807) is 23.1 Å². The van der Waals surface area contributed by atoms with Gasteiger partial charge >= 0.3 is 5.76 Å². The van der Waals surface area contributed by atoms with Gasteiger partial charge in [-0.25, -0.2) is 32.4 Å². The van der Waals surface area contributed by atoms with Gasteiger partial charge in [0.15, 0.2) is 11.6 Å². The normalized spacial score (nSPS) is 18.6. The topological polar surface area (TPSA) is 126 Å². The molecule has 0 radical (unpaired) electrons. The predicted molar refractivity (Wildman–Crippen MR) is 184 cm³/mol. The molecule has 15 heteroatoms. The fourth-order valence-electron chi connectivity index (χ4n) is 7.82. The number of fused-ring (bicyclic) bond motifs is 5. The van der Waals surface area contributed by atoms with Gasteiger partial charge in [0.05, 0.1) is 40.4 Å². The highest BCUT2D eigenvalue weighted by molar-refractivity contribution is 7.23. The molecular weight excluding hydrogens is 701 g/mol. The Balaban J connectivity index is 1.21. The van der Waals surface area contributed by atoms with E-state index in [0.29, 0.717) is 62.4 Å². The first-order valence-electron chi connectivity index (χ1n) is 16.7. The molecular formula is C37H28F4N6O4S. The van der Waals surface area contributed by atoms with Crippen molar-refractivity contribution in [3.05, 3.63) is 111 Å². The van der Waals surface area contributed by atoms with Gasteiger partial charge in [-0.05, 0) is 72.5 Å². The van der Waals surface area contributed by atoms with Crippen molar-refractivity contribution in [2.45, 2.75) is 50.1 Å². The Kier molecular flexibility index (Phi) is 7.47. The van der Waals surface area contributed by atoms with Gasteiger partial charge in [-0.1, -0.05) is 18.2 Å². The first-order chi connectivity index (χ1) is 25.1. The van der Waals surface area contributed by atoms with Crippen LogP contribution >= 0.6 is 11.3 Å². The summed E-state index contributed by atoms with van der Waals surface area (Å²) in [6.07, 6.45) is 3.15. The zero-order valence-corrected chi connectivity index (χ0v) is 28.3. The number of methoxy groups -OCH3 is 1. The summed E-state index contributed by atoms with van der Waals surface area (Å²) in [5.41, 5.74) is 3.50. The van der Waals surface area contributed by atoms with E-state index in [1.807, 2.05) is 6.07 Å². The number of amides is 1. The molecule has 264 valence electrons. The number of benzene rings is 2. The molecule has 2 N–H and O–H groups in total. The third kappa shape index (κ3) is 5.08. The van der Waals surface area contributed by atoms with Crippen LogP contribution in [0.1, 0.15) is 63.4 Å². The molecule has 9 rings (SSSR count). The van der Waals surface area contributed by atoms with E-state index < -0.39 is 30.0 Å². The zero-order chi connectivity index (χ0) is 35.9. The fourth-order valence-corrected chi connectivity index (χ4v) is 8.99. The molecule has 1 saturated heterocycles. The molecule has 0 spiro atoms. The molecule has 10 nitrogen and oxygen atoms in total. The van der Waals surface area contributed by atoms with Crippen molar-refractivity contribution < 1.29 is 31.5 Å². The lowest BCUT2D eigenvalue weighted by atomic mass is 9.93. The number of carbonyl (C=O) groups excluding carboxylic acids is 1. The summed E-state index contributed by atoms with van der Waals surface area (Å²) in [6, 6.07) is 10.4. The number of aryl methyl sites for hydroxylation is 2. The maximum absolute atomic E-state index is 15.6. The molecule has 3 aliphatic rings. The second-order valence-corrected chi connectivity index (χ2v) is 14.2. The Labute approximate surface area is 296 Å². The first-order valence-corrected chi connectivity index (χ1v) is 17.5. The van der Waals surface area contributed by atoms with Crippen LogP contribution in [0.4, 0.5) is 23.4 Å². The third-order valence-electron chi connectivity index (χ3n) is 10.1. The molecule has 2 aliphatic heterocycles. The van der Waals surface area contributed by atoms with Gasteiger partial charge < -0.3 is 19.4 Å². The Bertz CT molecular complexity index is 2480. The lowest BCUT2D eigenvalue weighted by molar-refractivity contribution is -0.00736. The number of thiophene rings is 1. The molecule has 6 aromatic rings. The number of halogens is 4. The largest absolute Gasteiger partial charge is 0.493 e. The standard InChI is InChI=1S/C37H28F4N6O4S/c1-50-30-21-16-37(40,41)32(20(21)9-10-22(30)39)44-33-31-18(12-13-42-33)15-25(52-31)27-26(34-45-46-36(49)51-34)23(11-6-17-4-7-19(38)8-5-17)43-29-24-3-2-14-47(24)35(48)28(27)29/h4-5,7-10,12-13,15,24,32H,2-3,6,11,14,16H2,1H3,(H,42,44)(H,46,49)/t24?,32-/m0/s1. The maximum atomic E-state index is 15.6. The minimum atomic E-state index is -3.29. The minimum Gasteiger partial charge on any atom is -0.493 e. The quantitative estimate of drug-likeness (QED) is 0.155. The Morgan fingerprint density at radius 2 is 1.90 bits per heavy atom. The number of ether oxygens (including phenoxy) is 1. The summed E-state index contributed by atoms with van der Waals surface area (Å²) in [5.74, 6) is -5.46. The molecule has 2 atom stereocenters. The zero-order valence-electron chi connectivity index (χ0n) is 27.4. The van der Waals surface area contributed by atoms with E-state index >= 15 is 8.78 Å². The number of carbonyl (C=O) groups is 1. The van der Waals surface area contributed by atoms with Crippen LogP contribution in [0, 0.1) is 11.6 Å². The van der Waals surface area contributed by atoms with Crippen LogP contribution in [0.2, 0.25) is 0 Å². The van der Waals surface area contributed by atoms with Gasteiger partial charge in [0.25, 0.3) is 17.7 Å². The molecule has 52 heavy (non-hydrogen) atoms. The highest BCUT2D eigenvalue weighted by Gasteiger charge is 2.50. The number of aromatic nitrogens is 4. The van der Waals surface area contributed by atoms with Crippen molar-refractivity contribution in [2.24, 2.45) is 0 Å². The van der Waals surface area contributed by atoms with Crippen molar-refractivity contribution in [1.82, 2.24) is 25.1 Å². The van der Waals surface area contributed by atoms with Crippen LogP contribution < -0.4 is 15.8 Å². The summed E-state index contributed by atoms with van der Waals surface area (Å²) in [5, 5.41) is 10.1. The number of alkyl halides is 2. The molecule has 2 aromatic carbocycles. The Hall–Kier alpha value is -5.57. The van der Waals surface area contributed by atoms with Crippen LogP contribution in [0.3, 0.4) is 0 Å². The number of pyridine rings is 2. The number of H-pyrrole nitrogens is 1. The summed E-state index contributed by atoms with van der Waals surface area (Å²) in [7, 11) is 1.24. The lowest BCUT2D eigenvalue weighted by Gasteiger charge is -2.22. The molecule has 1 amide bonds. The maximum Gasteiger partial charge on any atom is 0.434 e. The first kappa shape index (κ1) is 32.3. The van der Waals surface area contributed by atoms with E-state index in [0.717, 1.165) is 24.5 Å². The number of hydrogen-bond acceptors (Lipinski definition) is 9. The summed E-state index contributed by atoms with van der Waals surface area (Å²) in [6.45, 7) is 0.563. The van der Waals surface area contributed by atoms with Gasteiger partial charge in [-0.15, -0.1) is 16.4 Å². The van der Waals surface area contributed by atoms with Crippen molar-refractivity contribution in [3.63, 3.8) is 0 Å². The summed E-state index contributed by atoms with van der Waals surface area (Å²) < 4.78 is 70.7. The van der Waals surface area contributed by atoms with Gasteiger partial charge in [0.2, 0.25) is 0 Å². The predicted octanol–water partition coefficient (Wildman–Crippen LogP) is 7.41. The minimum absolute atomic E-state index is 0.0541. The smallest absolute Gasteiger partial charge is 0.434 e. The van der Waals surface area contributed by atoms with Crippen LogP contribution in [0.5, 0.6) is 5.75 Å². The van der Waals surface area contributed by atoms with Crippen molar-refractivity contribution in [3.8, 4) is 27.6 Å². The van der Waals surface area contributed by atoms with E-state index in [4.69, 9.17) is 14.1 Å². The molecule has 1 fully saturated rings. The molecule has 0 saturated carbocycles. The highest BCUT2D eigenvalue weighted by Crippen LogP contribution is 2.52. The number of nitrogens with zero attached hydrogens (tertiary/aromatic N) is 4. The van der Waals surface area contributed by atoms with Gasteiger partial charge in [-0.2, -0.15) is 0 Å². The number of rotatable bonds is 8. The van der Waals surface area contributed by atoms with E-state index in [1.165, 1.54) is 42.8 Å². The SMILES string of the molecule is COc1c(F)ccc2c1CC(F)(F)[C@H]2Nc1nccc2cc(-c3c4c(nc(CCc5ccc(F)cc5)c3-c3n[nH]c(=O)o3)C3CCCN3C4=O)sc12. The molecule has 1 aliphatic carbocycles. The second kappa shape index (κ2) is 12.0. The summed E-state index contributed by atoms with van der Waals surface area (Å²) >= 11 is 1.24.